The monoisotopic (exact) mass is 290 g/mol. The van der Waals surface area contributed by atoms with Gasteiger partial charge in [0, 0.05) is 6.16 Å². The smallest absolute Gasteiger partial charge is 0.310 e. The molecule has 0 saturated carbocycles. The van der Waals surface area contributed by atoms with Crippen molar-refractivity contribution in [1.29, 1.82) is 0 Å². The Bertz CT molecular complexity index is 277. The molecule has 0 fully saturated rings. The van der Waals surface area contributed by atoms with Crippen molar-refractivity contribution in [2.45, 2.75) is 71.1 Å². The zero-order valence-electron chi connectivity index (χ0n) is 12.7. The Labute approximate surface area is 118 Å². The van der Waals surface area contributed by atoms with Gasteiger partial charge in [-0.1, -0.05) is 64.7 Å². The molecule has 0 radical (unpaired) electrons. The summed E-state index contributed by atoms with van der Waals surface area (Å²) in [6.45, 7) is 3.85. The number of carboxylic acid groups (broad SMARTS) is 1. The molecule has 4 heteroatoms. The zero-order chi connectivity index (χ0) is 14.6. The van der Waals surface area contributed by atoms with Crippen LogP contribution in [0.3, 0.4) is 0 Å². The summed E-state index contributed by atoms with van der Waals surface area (Å²) in [5.74, 6) is -0.932. The maximum atomic E-state index is 11.9. The molecular weight excluding hydrogens is 259 g/mol. The predicted molar refractivity (Wildman–Crippen MR) is 82.7 cm³/mol. The standard InChI is InChI=1S/C15H31O3P/c1-3-4-5-6-7-8-9-10-11-12-13-19(2,18)14-15(16)17/h3-14H2,1-2H3,(H,16,17). The van der Waals surface area contributed by atoms with E-state index < -0.39 is 13.1 Å². The highest BCUT2D eigenvalue weighted by Gasteiger charge is 2.18. The average molecular weight is 290 g/mol. The highest BCUT2D eigenvalue weighted by Crippen LogP contribution is 2.41. The van der Waals surface area contributed by atoms with Gasteiger partial charge in [0.25, 0.3) is 0 Å². The van der Waals surface area contributed by atoms with Crippen LogP contribution in [0.15, 0.2) is 0 Å². The number of unbranched alkanes of at least 4 members (excludes halogenated alkanes) is 9. The Morgan fingerprint density at radius 1 is 0.895 bits per heavy atom. The fourth-order valence-corrected chi connectivity index (χ4v) is 3.92. The molecule has 3 nitrogen and oxygen atoms in total. The third-order valence-corrected chi connectivity index (χ3v) is 5.66. The van der Waals surface area contributed by atoms with E-state index in [-0.39, 0.29) is 6.16 Å². The van der Waals surface area contributed by atoms with Crippen LogP contribution in [0.4, 0.5) is 0 Å². The first-order valence-electron chi connectivity index (χ1n) is 7.75. The molecule has 1 atom stereocenters. The lowest BCUT2D eigenvalue weighted by Crippen LogP contribution is -2.05. The average Bonchev–Trinajstić information content (AvgIpc) is 2.30. The molecule has 0 heterocycles. The Morgan fingerprint density at radius 3 is 1.74 bits per heavy atom. The van der Waals surface area contributed by atoms with Crippen molar-refractivity contribution in [3.05, 3.63) is 0 Å². The van der Waals surface area contributed by atoms with Crippen LogP contribution >= 0.6 is 7.14 Å². The lowest BCUT2D eigenvalue weighted by atomic mass is 10.1. The number of rotatable bonds is 13. The van der Waals surface area contributed by atoms with Gasteiger partial charge in [-0.05, 0) is 13.1 Å². The number of carbonyl (C=O) groups is 1. The van der Waals surface area contributed by atoms with Crippen LogP contribution in [-0.2, 0) is 9.36 Å². The van der Waals surface area contributed by atoms with E-state index in [2.05, 4.69) is 6.92 Å². The minimum Gasteiger partial charge on any atom is -0.481 e. The van der Waals surface area contributed by atoms with E-state index in [1.165, 1.54) is 51.4 Å². The van der Waals surface area contributed by atoms with Gasteiger partial charge < -0.3 is 9.67 Å². The fourth-order valence-electron chi connectivity index (χ4n) is 2.30. The van der Waals surface area contributed by atoms with Gasteiger partial charge in [0.05, 0.1) is 13.3 Å². The van der Waals surface area contributed by atoms with Crippen LogP contribution in [-0.4, -0.2) is 30.1 Å². The molecule has 1 unspecified atom stereocenters. The van der Waals surface area contributed by atoms with Crippen LogP contribution < -0.4 is 0 Å². The van der Waals surface area contributed by atoms with Crippen LogP contribution in [0.2, 0.25) is 0 Å². The van der Waals surface area contributed by atoms with Gasteiger partial charge in [-0.15, -0.1) is 0 Å². The molecule has 0 saturated heterocycles. The summed E-state index contributed by atoms with van der Waals surface area (Å²) in [7, 11) is -2.42. The van der Waals surface area contributed by atoms with Gasteiger partial charge in [0.1, 0.15) is 0 Å². The molecule has 0 spiro atoms. The molecule has 0 aromatic rings. The normalized spacial score (nSPS) is 14.2. The lowest BCUT2D eigenvalue weighted by Gasteiger charge is -2.09. The Hall–Kier alpha value is -0.300. The number of hydrogen-bond donors (Lipinski definition) is 1. The molecule has 1 N–H and O–H groups in total. The minimum absolute atomic E-state index is 0.148. The second kappa shape index (κ2) is 11.5. The van der Waals surface area contributed by atoms with Gasteiger partial charge >= 0.3 is 5.97 Å². The second-order valence-electron chi connectivity index (χ2n) is 5.75. The maximum absolute atomic E-state index is 11.9. The Morgan fingerprint density at radius 2 is 1.32 bits per heavy atom. The molecular formula is C15H31O3P. The van der Waals surface area contributed by atoms with Crippen molar-refractivity contribution in [3.63, 3.8) is 0 Å². The molecule has 0 aliphatic rings. The van der Waals surface area contributed by atoms with E-state index in [0.717, 1.165) is 12.8 Å². The van der Waals surface area contributed by atoms with Crippen LogP contribution in [0.25, 0.3) is 0 Å². The zero-order valence-corrected chi connectivity index (χ0v) is 13.6. The van der Waals surface area contributed by atoms with Gasteiger partial charge in [-0.3, -0.25) is 4.79 Å². The van der Waals surface area contributed by atoms with E-state index in [1.807, 2.05) is 0 Å². The van der Waals surface area contributed by atoms with E-state index in [1.54, 1.807) is 6.66 Å². The summed E-state index contributed by atoms with van der Waals surface area (Å²) in [5.41, 5.74) is 0. The van der Waals surface area contributed by atoms with Crippen molar-refractivity contribution < 1.29 is 14.5 Å². The molecule has 0 aromatic carbocycles. The highest BCUT2D eigenvalue weighted by atomic mass is 31.2. The fraction of sp³-hybridized carbons (Fsp3) is 0.933. The molecule has 19 heavy (non-hydrogen) atoms. The summed E-state index contributed by atoms with van der Waals surface area (Å²) < 4.78 is 11.9. The highest BCUT2D eigenvalue weighted by molar-refractivity contribution is 7.64. The SMILES string of the molecule is CCCCCCCCCCCCP(C)(=O)CC(=O)O. The first kappa shape index (κ1) is 18.7. The van der Waals surface area contributed by atoms with Gasteiger partial charge in [0.15, 0.2) is 0 Å². The molecule has 0 bridgehead atoms. The number of aliphatic carboxylic acids is 1. The van der Waals surface area contributed by atoms with Crippen LogP contribution in [0.1, 0.15) is 71.1 Å². The third-order valence-electron chi connectivity index (χ3n) is 3.45. The molecule has 0 amide bonds. The molecule has 0 aromatic heterocycles. The summed E-state index contributed by atoms with van der Waals surface area (Å²) >= 11 is 0. The lowest BCUT2D eigenvalue weighted by molar-refractivity contribution is -0.134. The van der Waals surface area contributed by atoms with Crippen molar-refractivity contribution in [1.82, 2.24) is 0 Å². The number of carboxylic acids is 1. The Balaban J connectivity index is 3.31. The second-order valence-corrected chi connectivity index (χ2v) is 9.11. The van der Waals surface area contributed by atoms with Crippen molar-refractivity contribution in [2.75, 3.05) is 19.0 Å². The molecule has 0 rings (SSSR count). The first-order chi connectivity index (χ1) is 8.98. The van der Waals surface area contributed by atoms with Crippen LogP contribution in [0, 0.1) is 0 Å². The van der Waals surface area contributed by atoms with E-state index >= 15 is 0 Å². The maximum Gasteiger partial charge on any atom is 0.310 e. The Kier molecular flexibility index (Phi) is 11.3. The summed E-state index contributed by atoms with van der Waals surface area (Å²) in [4.78, 5) is 10.5. The van der Waals surface area contributed by atoms with Gasteiger partial charge in [-0.2, -0.15) is 0 Å². The quantitative estimate of drug-likeness (QED) is 0.384. The largest absolute Gasteiger partial charge is 0.481 e. The topological polar surface area (TPSA) is 54.4 Å². The summed E-state index contributed by atoms with van der Waals surface area (Å²) in [5, 5.41) is 8.64. The van der Waals surface area contributed by atoms with Gasteiger partial charge in [0.2, 0.25) is 0 Å². The van der Waals surface area contributed by atoms with E-state index in [9.17, 15) is 9.36 Å². The molecule has 114 valence electrons. The van der Waals surface area contributed by atoms with E-state index in [0.29, 0.717) is 6.16 Å². The predicted octanol–water partition coefficient (Wildman–Crippen LogP) is 4.98. The van der Waals surface area contributed by atoms with Crippen LogP contribution in [0.5, 0.6) is 0 Å². The van der Waals surface area contributed by atoms with Gasteiger partial charge in [-0.25, -0.2) is 0 Å². The summed E-state index contributed by atoms with van der Waals surface area (Å²) in [6.07, 6.45) is 12.9. The molecule has 0 aliphatic carbocycles. The third kappa shape index (κ3) is 13.9. The van der Waals surface area contributed by atoms with E-state index in [4.69, 9.17) is 5.11 Å². The first-order valence-corrected chi connectivity index (χ1v) is 10.3. The number of hydrogen-bond acceptors (Lipinski definition) is 2. The van der Waals surface area contributed by atoms with Crippen molar-refractivity contribution in [3.8, 4) is 0 Å². The summed E-state index contributed by atoms with van der Waals surface area (Å²) in [6, 6.07) is 0. The molecule has 0 aliphatic heterocycles. The van der Waals surface area contributed by atoms with Crippen molar-refractivity contribution in [2.24, 2.45) is 0 Å². The minimum atomic E-state index is -2.42. The van der Waals surface area contributed by atoms with Crippen molar-refractivity contribution >= 4 is 13.1 Å².